The topological polar surface area (TPSA) is 49.3 Å². The van der Waals surface area contributed by atoms with Gasteiger partial charge >= 0.3 is 0 Å². The monoisotopic (exact) mass is 350 g/mol. The molecule has 2 aromatic rings. The number of amides is 1. The summed E-state index contributed by atoms with van der Waals surface area (Å²) in [5.74, 6) is 0.862. The number of pyridine rings is 2. The van der Waals surface area contributed by atoms with Crippen LogP contribution in [0, 0.1) is 5.92 Å². The normalized spacial score (nSPS) is 23.0. The molecule has 3 saturated heterocycles. The van der Waals surface area contributed by atoms with Crippen LogP contribution in [0.4, 0.5) is 0 Å². The lowest BCUT2D eigenvalue weighted by atomic mass is 9.94. The Morgan fingerprint density at radius 3 is 2.46 bits per heavy atom. The molecule has 3 fully saturated rings. The standard InChI is InChI=1S/C21H26N4O/c26-21(10-8-18-5-1-3-11-22-18)25-14-17-7-9-20(25)16-24(13-17)15-19-6-2-4-12-23-19/h1-6,11-12,17,20H,7-10,13-16H2/t17-,20+/m0/s1. The smallest absolute Gasteiger partial charge is 0.223 e. The van der Waals surface area contributed by atoms with Crippen molar-refractivity contribution in [1.82, 2.24) is 19.8 Å². The second-order valence-corrected chi connectivity index (χ2v) is 7.48. The number of carbonyl (C=O) groups excluding carboxylic acids is 1. The summed E-state index contributed by atoms with van der Waals surface area (Å²) < 4.78 is 0. The molecule has 0 N–H and O–H groups in total. The van der Waals surface area contributed by atoms with E-state index in [9.17, 15) is 4.79 Å². The molecule has 0 aromatic carbocycles. The molecule has 5 rings (SSSR count). The number of hydrogen-bond acceptors (Lipinski definition) is 4. The van der Waals surface area contributed by atoms with E-state index in [0.29, 0.717) is 18.4 Å². The van der Waals surface area contributed by atoms with Crippen molar-refractivity contribution < 1.29 is 4.79 Å². The van der Waals surface area contributed by atoms with Gasteiger partial charge in [-0.25, -0.2) is 0 Å². The quantitative estimate of drug-likeness (QED) is 0.831. The van der Waals surface area contributed by atoms with Gasteiger partial charge in [-0.05, 0) is 49.4 Å². The van der Waals surface area contributed by atoms with Crippen molar-refractivity contribution in [2.24, 2.45) is 5.92 Å². The van der Waals surface area contributed by atoms with Gasteiger partial charge in [-0.1, -0.05) is 12.1 Å². The third-order valence-electron chi connectivity index (χ3n) is 5.54. The van der Waals surface area contributed by atoms with E-state index < -0.39 is 0 Å². The highest BCUT2D eigenvalue weighted by molar-refractivity contribution is 5.77. The van der Waals surface area contributed by atoms with Crippen LogP contribution in [0.3, 0.4) is 0 Å². The van der Waals surface area contributed by atoms with Crippen molar-refractivity contribution in [3.8, 4) is 0 Å². The molecular weight excluding hydrogens is 324 g/mol. The van der Waals surface area contributed by atoms with E-state index in [1.807, 2.05) is 36.5 Å². The maximum atomic E-state index is 12.8. The van der Waals surface area contributed by atoms with Crippen LogP contribution >= 0.6 is 0 Å². The van der Waals surface area contributed by atoms with E-state index >= 15 is 0 Å². The van der Waals surface area contributed by atoms with Gasteiger partial charge in [0, 0.05) is 56.7 Å². The van der Waals surface area contributed by atoms with Crippen molar-refractivity contribution in [3.05, 3.63) is 60.2 Å². The van der Waals surface area contributed by atoms with Gasteiger partial charge in [0.2, 0.25) is 5.91 Å². The minimum absolute atomic E-state index is 0.282. The summed E-state index contributed by atoms with van der Waals surface area (Å²) in [6, 6.07) is 12.3. The van der Waals surface area contributed by atoms with Crippen LogP contribution in [0.15, 0.2) is 48.8 Å². The molecule has 2 aromatic heterocycles. The first kappa shape index (κ1) is 17.2. The number of fused-ring (bicyclic) bond motifs is 4. The van der Waals surface area contributed by atoms with Gasteiger partial charge in [-0.15, -0.1) is 0 Å². The van der Waals surface area contributed by atoms with Gasteiger partial charge in [0.15, 0.2) is 0 Å². The minimum atomic E-state index is 0.282. The summed E-state index contributed by atoms with van der Waals surface area (Å²) in [7, 11) is 0. The number of aromatic nitrogens is 2. The zero-order valence-corrected chi connectivity index (χ0v) is 15.1. The Kier molecular flexibility index (Phi) is 5.25. The van der Waals surface area contributed by atoms with E-state index in [0.717, 1.165) is 50.4 Å². The molecule has 5 heterocycles. The SMILES string of the molecule is O=C(CCc1ccccn1)N1C[C@H]2CC[C@@H]1CN(Cc1ccccn1)C2. The molecule has 0 radical (unpaired) electrons. The summed E-state index contributed by atoms with van der Waals surface area (Å²) in [6.45, 7) is 3.81. The lowest BCUT2D eigenvalue weighted by Crippen LogP contribution is -2.47. The molecule has 3 aliphatic heterocycles. The molecule has 2 bridgehead atoms. The van der Waals surface area contributed by atoms with Gasteiger partial charge < -0.3 is 4.90 Å². The van der Waals surface area contributed by atoms with Crippen molar-refractivity contribution in [2.45, 2.75) is 38.3 Å². The Balaban J connectivity index is 1.37. The first-order chi connectivity index (χ1) is 12.8. The Labute approximate surface area is 155 Å². The molecular formula is C21H26N4O. The number of hydrogen-bond donors (Lipinski definition) is 0. The average molecular weight is 350 g/mol. The second-order valence-electron chi connectivity index (χ2n) is 7.48. The molecule has 1 amide bonds. The van der Waals surface area contributed by atoms with E-state index in [2.05, 4.69) is 25.8 Å². The number of piperidine rings is 1. The number of rotatable bonds is 5. The van der Waals surface area contributed by atoms with Crippen LogP contribution in [0.25, 0.3) is 0 Å². The van der Waals surface area contributed by atoms with Gasteiger partial charge in [0.1, 0.15) is 0 Å². The zero-order valence-electron chi connectivity index (χ0n) is 15.1. The molecule has 5 nitrogen and oxygen atoms in total. The molecule has 26 heavy (non-hydrogen) atoms. The number of nitrogens with zero attached hydrogens (tertiary/aromatic N) is 4. The Hall–Kier alpha value is -2.27. The lowest BCUT2D eigenvalue weighted by molar-refractivity contribution is -0.135. The van der Waals surface area contributed by atoms with Crippen molar-refractivity contribution >= 4 is 5.91 Å². The van der Waals surface area contributed by atoms with E-state index in [-0.39, 0.29) is 5.91 Å². The van der Waals surface area contributed by atoms with E-state index in [4.69, 9.17) is 0 Å². The number of carbonyl (C=O) groups is 1. The van der Waals surface area contributed by atoms with Crippen molar-refractivity contribution in [3.63, 3.8) is 0 Å². The van der Waals surface area contributed by atoms with Crippen LogP contribution in [0.5, 0.6) is 0 Å². The molecule has 3 aliphatic rings. The van der Waals surface area contributed by atoms with E-state index in [1.165, 1.54) is 6.42 Å². The van der Waals surface area contributed by atoms with Crippen LogP contribution in [-0.4, -0.2) is 51.4 Å². The highest BCUT2D eigenvalue weighted by Crippen LogP contribution is 2.29. The fourth-order valence-corrected chi connectivity index (χ4v) is 4.26. The maximum Gasteiger partial charge on any atom is 0.223 e. The molecule has 0 saturated carbocycles. The molecule has 2 atom stereocenters. The molecule has 0 aliphatic carbocycles. The van der Waals surface area contributed by atoms with Gasteiger partial charge in [0.25, 0.3) is 0 Å². The Morgan fingerprint density at radius 1 is 0.962 bits per heavy atom. The second kappa shape index (κ2) is 7.96. The Morgan fingerprint density at radius 2 is 1.73 bits per heavy atom. The molecule has 5 heteroatoms. The summed E-state index contributed by atoms with van der Waals surface area (Å²) >= 11 is 0. The molecule has 136 valence electrons. The molecule has 0 spiro atoms. The summed E-state index contributed by atoms with van der Waals surface area (Å²) in [5.41, 5.74) is 2.11. The third kappa shape index (κ3) is 4.10. The lowest BCUT2D eigenvalue weighted by Gasteiger charge is -2.36. The fraction of sp³-hybridized carbons (Fsp3) is 0.476. The summed E-state index contributed by atoms with van der Waals surface area (Å²) in [6.07, 6.45) is 7.29. The summed E-state index contributed by atoms with van der Waals surface area (Å²) in [5, 5.41) is 0. The van der Waals surface area contributed by atoms with Crippen LogP contribution in [0.2, 0.25) is 0 Å². The van der Waals surface area contributed by atoms with Gasteiger partial charge in [-0.3, -0.25) is 19.7 Å². The third-order valence-corrected chi connectivity index (χ3v) is 5.54. The highest BCUT2D eigenvalue weighted by Gasteiger charge is 2.36. The predicted molar refractivity (Wildman–Crippen MR) is 100 cm³/mol. The van der Waals surface area contributed by atoms with Crippen LogP contribution in [0.1, 0.15) is 30.7 Å². The van der Waals surface area contributed by atoms with Crippen LogP contribution < -0.4 is 0 Å². The maximum absolute atomic E-state index is 12.8. The zero-order chi connectivity index (χ0) is 17.8. The van der Waals surface area contributed by atoms with Crippen molar-refractivity contribution in [2.75, 3.05) is 19.6 Å². The number of aryl methyl sites for hydroxylation is 1. The largest absolute Gasteiger partial charge is 0.338 e. The average Bonchev–Trinajstić information content (AvgIpc) is 2.98. The van der Waals surface area contributed by atoms with Gasteiger partial charge in [-0.2, -0.15) is 0 Å². The van der Waals surface area contributed by atoms with Gasteiger partial charge in [0.05, 0.1) is 5.69 Å². The predicted octanol–water partition coefficient (Wildman–Crippen LogP) is 2.53. The summed E-state index contributed by atoms with van der Waals surface area (Å²) in [4.78, 5) is 26.3. The van der Waals surface area contributed by atoms with E-state index in [1.54, 1.807) is 6.20 Å². The first-order valence-corrected chi connectivity index (χ1v) is 9.59. The first-order valence-electron chi connectivity index (χ1n) is 9.59. The fourth-order valence-electron chi connectivity index (χ4n) is 4.26. The van der Waals surface area contributed by atoms with Crippen molar-refractivity contribution in [1.29, 1.82) is 0 Å². The Bertz CT molecular complexity index is 721. The van der Waals surface area contributed by atoms with Crippen LogP contribution in [-0.2, 0) is 17.8 Å². The minimum Gasteiger partial charge on any atom is -0.338 e. The molecule has 0 unspecified atom stereocenters. The highest BCUT2D eigenvalue weighted by atomic mass is 16.2.